The van der Waals surface area contributed by atoms with Gasteiger partial charge in [-0.05, 0) is 37.1 Å². The Balaban J connectivity index is 1.48. The summed E-state index contributed by atoms with van der Waals surface area (Å²) in [5.74, 6) is 0.508. The van der Waals surface area contributed by atoms with Gasteiger partial charge in [-0.15, -0.1) is 0 Å². The number of hydrogen-bond donors (Lipinski definition) is 1. The summed E-state index contributed by atoms with van der Waals surface area (Å²) in [5.41, 5.74) is 4.60. The highest BCUT2D eigenvalue weighted by molar-refractivity contribution is 5.95. The van der Waals surface area contributed by atoms with E-state index in [9.17, 15) is 4.79 Å². The summed E-state index contributed by atoms with van der Waals surface area (Å²) < 4.78 is 7.21. The zero-order valence-corrected chi connectivity index (χ0v) is 14.4. The Bertz CT molecular complexity index is 1070. The number of pyridine rings is 1. The average Bonchev–Trinajstić information content (AvgIpc) is 3.29. The number of benzene rings is 1. The van der Waals surface area contributed by atoms with E-state index in [1.807, 2.05) is 26.0 Å². The van der Waals surface area contributed by atoms with E-state index in [2.05, 4.69) is 20.4 Å². The van der Waals surface area contributed by atoms with Crippen LogP contribution in [0.25, 0.3) is 16.8 Å². The maximum atomic E-state index is 12.4. The molecule has 3 aromatic heterocycles. The minimum atomic E-state index is -0.124. The van der Waals surface area contributed by atoms with Gasteiger partial charge in [-0.3, -0.25) is 4.79 Å². The lowest BCUT2D eigenvalue weighted by atomic mass is 10.0. The molecule has 7 nitrogen and oxygen atoms in total. The Morgan fingerprint density at radius 2 is 2.12 bits per heavy atom. The summed E-state index contributed by atoms with van der Waals surface area (Å²) in [6, 6.07) is 7.59. The highest BCUT2D eigenvalue weighted by atomic mass is 16.3. The molecule has 0 aliphatic carbocycles. The van der Waals surface area contributed by atoms with E-state index in [0.29, 0.717) is 11.5 Å². The molecule has 0 saturated heterocycles. The van der Waals surface area contributed by atoms with Crippen molar-refractivity contribution in [3.8, 4) is 5.82 Å². The normalized spacial score (nSPS) is 11.0. The molecule has 0 aliphatic heterocycles. The van der Waals surface area contributed by atoms with E-state index in [1.54, 1.807) is 35.6 Å². The van der Waals surface area contributed by atoms with Crippen LogP contribution in [0.15, 0.2) is 53.8 Å². The summed E-state index contributed by atoms with van der Waals surface area (Å²) in [4.78, 5) is 20.5. The first-order valence-electron chi connectivity index (χ1n) is 8.19. The minimum absolute atomic E-state index is 0.124. The Morgan fingerprint density at radius 3 is 2.85 bits per heavy atom. The van der Waals surface area contributed by atoms with Crippen LogP contribution in [-0.2, 0) is 11.2 Å². The second kappa shape index (κ2) is 6.44. The van der Waals surface area contributed by atoms with Gasteiger partial charge in [-0.1, -0.05) is 12.1 Å². The van der Waals surface area contributed by atoms with Gasteiger partial charge >= 0.3 is 0 Å². The Hall–Kier alpha value is -3.48. The zero-order chi connectivity index (χ0) is 18.1. The molecule has 0 atom stereocenters. The number of anilines is 1. The van der Waals surface area contributed by atoms with Gasteiger partial charge in [-0.25, -0.2) is 14.6 Å². The molecule has 0 unspecified atom stereocenters. The van der Waals surface area contributed by atoms with Gasteiger partial charge < -0.3 is 9.73 Å². The average molecular weight is 347 g/mol. The summed E-state index contributed by atoms with van der Waals surface area (Å²) in [7, 11) is 0. The lowest BCUT2D eigenvalue weighted by Gasteiger charge is -2.06. The van der Waals surface area contributed by atoms with Gasteiger partial charge in [0, 0.05) is 10.9 Å². The van der Waals surface area contributed by atoms with Crippen molar-refractivity contribution in [2.45, 2.75) is 20.3 Å². The van der Waals surface area contributed by atoms with E-state index in [1.165, 1.54) is 11.9 Å². The lowest BCUT2D eigenvalue weighted by molar-refractivity contribution is -0.115. The first-order valence-corrected chi connectivity index (χ1v) is 8.19. The maximum Gasteiger partial charge on any atom is 0.228 e. The second-order valence-electron chi connectivity index (χ2n) is 6.12. The SMILES string of the molecule is Cc1ccc2c(CC(=O)Nc3ccc(-n4cncn4)nc3)coc2c1C. The quantitative estimate of drug-likeness (QED) is 0.613. The van der Waals surface area contributed by atoms with Crippen molar-refractivity contribution < 1.29 is 9.21 Å². The van der Waals surface area contributed by atoms with Crippen LogP contribution in [0.2, 0.25) is 0 Å². The number of fused-ring (bicyclic) bond motifs is 1. The largest absolute Gasteiger partial charge is 0.464 e. The molecule has 4 aromatic rings. The van der Waals surface area contributed by atoms with Gasteiger partial charge in [0.25, 0.3) is 0 Å². The van der Waals surface area contributed by atoms with Crippen molar-refractivity contribution in [1.82, 2.24) is 19.7 Å². The molecule has 130 valence electrons. The standard InChI is InChI=1S/C19H17N5O2/c1-12-3-5-16-14(9-26-19(16)13(12)2)7-18(25)23-15-4-6-17(21-8-15)24-11-20-10-22-24/h3-6,8-11H,7H2,1-2H3,(H,23,25). The van der Waals surface area contributed by atoms with Crippen LogP contribution in [-0.4, -0.2) is 25.7 Å². The van der Waals surface area contributed by atoms with E-state index in [-0.39, 0.29) is 12.3 Å². The van der Waals surface area contributed by atoms with Crippen molar-refractivity contribution in [2.75, 3.05) is 5.32 Å². The van der Waals surface area contributed by atoms with E-state index in [0.717, 1.165) is 22.1 Å². The van der Waals surface area contributed by atoms with Gasteiger partial charge in [0.05, 0.1) is 24.6 Å². The molecule has 1 amide bonds. The minimum Gasteiger partial charge on any atom is -0.464 e. The molecule has 0 bridgehead atoms. The van der Waals surface area contributed by atoms with Crippen molar-refractivity contribution in [2.24, 2.45) is 0 Å². The Morgan fingerprint density at radius 1 is 1.23 bits per heavy atom. The van der Waals surface area contributed by atoms with E-state index < -0.39 is 0 Å². The number of hydrogen-bond acceptors (Lipinski definition) is 5. The molecular formula is C19H17N5O2. The van der Waals surface area contributed by atoms with E-state index >= 15 is 0 Å². The number of carbonyl (C=O) groups is 1. The molecule has 0 saturated carbocycles. The van der Waals surface area contributed by atoms with Gasteiger partial charge in [0.2, 0.25) is 5.91 Å². The highest BCUT2D eigenvalue weighted by Crippen LogP contribution is 2.27. The number of furan rings is 1. The van der Waals surface area contributed by atoms with Crippen LogP contribution in [0, 0.1) is 13.8 Å². The van der Waals surface area contributed by atoms with Crippen LogP contribution in [0.5, 0.6) is 0 Å². The molecule has 3 heterocycles. The lowest BCUT2D eigenvalue weighted by Crippen LogP contribution is -2.14. The first kappa shape index (κ1) is 16.0. The molecule has 0 radical (unpaired) electrons. The highest BCUT2D eigenvalue weighted by Gasteiger charge is 2.13. The molecule has 7 heteroatoms. The summed E-state index contributed by atoms with van der Waals surface area (Å²) in [5, 5.41) is 7.84. The number of nitrogens with one attached hydrogen (secondary N) is 1. The third-order valence-corrected chi connectivity index (χ3v) is 4.38. The van der Waals surface area contributed by atoms with Gasteiger partial charge in [0.1, 0.15) is 18.2 Å². The summed E-state index contributed by atoms with van der Waals surface area (Å²) in [6.07, 6.45) is 6.49. The van der Waals surface area contributed by atoms with Crippen molar-refractivity contribution in [3.05, 3.63) is 66.1 Å². The molecule has 0 aliphatic rings. The molecule has 0 spiro atoms. The molecule has 26 heavy (non-hydrogen) atoms. The van der Waals surface area contributed by atoms with E-state index in [4.69, 9.17) is 4.42 Å². The number of carbonyl (C=O) groups excluding carboxylic acids is 1. The molecule has 1 aromatic carbocycles. The monoisotopic (exact) mass is 347 g/mol. The van der Waals surface area contributed by atoms with Gasteiger partial charge in [-0.2, -0.15) is 5.10 Å². The fourth-order valence-corrected chi connectivity index (χ4v) is 2.83. The third-order valence-electron chi connectivity index (χ3n) is 4.38. The second-order valence-corrected chi connectivity index (χ2v) is 6.12. The van der Waals surface area contributed by atoms with Crippen LogP contribution in [0.3, 0.4) is 0 Å². The fourth-order valence-electron chi connectivity index (χ4n) is 2.83. The number of nitrogens with zero attached hydrogens (tertiary/aromatic N) is 4. The molecule has 4 rings (SSSR count). The van der Waals surface area contributed by atoms with Crippen molar-refractivity contribution in [3.63, 3.8) is 0 Å². The third kappa shape index (κ3) is 2.95. The number of aryl methyl sites for hydroxylation is 2. The Labute approximate surface area is 149 Å². The molecular weight excluding hydrogens is 330 g/mol. The smallest absolute Gasteiger partial charge is 0.228 e. The number of aromatic nitrogens is 4. The van der Waals surface area contributed by atoms with Crippen molar-refractivity contribution in [1.29, 1.82) is 0 Å². The molecule has 0 fully saturated rings. The van der Waals surface area contributed by atoms with Gasteiger partial charge in [0.15, 0.2) is 5.82 Å². The van der Waals surface area contributed by atoms with Crippen LogP contribution in [0.4, 0.5) is 5.69 Å². The fraction of sp³-hybridized carbons (Fsp3) is 0.158. The molecule has 1 N–H and O–H groups in total. The predicted octanol–water partition coefficient (Wildman–Crippen LogP) is 3.21. The first-order chi connectivity index (χ1) is 12.6. The van der Waals surface area contributed by atoms with Crippen LogP contribution in [0.1, 0.15) is 16.7 Å². The summed E-state index contributed by atoms with van der Waals surface area (Å²) >= 11 is 0. The van der Waals surface area contributed by atoms with Crippen molar-refractivity contribution >= 4 is 22.6 Å². The Kier molecular flexibility index (Phi) is 3.96. The topological polar surface area (TPSA) is 85.8 Å². The zero-order valence-electron chi connectivity index (χ0n) is 14.4. The van der Waals surface area contributed by atoms with Crippen LogP contribution >= 0.6 is 0 Å². The van der Waals surface area contributed by atoms with Crippen LogP contribution < -0.4 is 5.32 Å². The number of amides is 1. The maximum absolute atomic E-state index is 12.4. The number of rotatable bonds is 4. The summed E-state index contributed by atoms with van der Waals surface area (Å²) in [6.45, 7) is 4.06. The predicted molar refractivity (Wildman–Crippen MR) is 97.2 cm³/mol.